The average molecular weight is 410 g/mol. The molecule has 2 aromatic carbocycles. The lowest BCUT2D eigenvalue weighted by molar-refractivity contribution is 0.0774. The van der Waals surface area contributed by atoms with Gasteiger partial charge >= 0.3 is 0 Å². The molecule has 2 atom stereocenters. The second-order valence-electron chi connectivity index (χ2n) is 9.71. The fourth-order valence-corrected chi connectivity index (χ4v) is 4.61. The fourth-order valence-electron chi connectivity index (χ4n) is 4.61. The van der Waals surface area contributed by atoms with Crippen LogP contribution in [0.2, 0.25) is 0 Å². The first-order valence-corrected chi connectivity index (χ1v) is 11.6. The third-order valence-corrected chi connectivity index (χ3v) is 5.98. The van der Waals surface area contributed by atoms with Gasteiger partial charge in [0.05, 0.1) is 6.10 Å². The van der Waals surface area contributed by atoms with Gasteiger partial charge in [-0.3, -0.25) is 0 Å². The zero-order chi connectivity index (χ0) is 21.5. The molecule has 0 aliphatic heterocycles. The van der Waals surface area contributed by atoms with E-state index in [1.165, 1.54) is 11.1 Å². The molecule has 1 N–H and O–H groups in total. The van der Waals surface area contributed by atoms with Gasteiger partial charge in [0.2, 0.25) is 0 Å². The van der Waals surface area contributed by atoms with E-state index in [0.717, 1.165) is 50.2 Å². The van der Waals surface area contributed by atoms with Crippen LogP contribution in [0.4, 0.5) is 0 Å². The minimum absolute atomic E-state index is 0.343. The first-order valence-electron chi connectivity index (χ1n) is 11.6. The minimum Gasteiger partial charge on any atom is -0.489 e. The monoisotopic (exact) mass is 409 g/mol. The lowest BCUT2D eigenvalue weighted by Crippen LogP contribution is -2.34. The molecule has 0 radical (unpaired) electrons. The summed E-state index contributed by atoms with van der Waals surface area (Å²) in [4.78, 5) is 2.58. The van der Waals surface area contributed by atoms with Crippen molar-refractivity contribution in [2.24, 2.45) is 17.8 Å². The predicted octanol–water partition coefficient (Wildman–Crippen LogP) is 5.87. The molecule has 0 saturated heterocycles. The van der Waals surface area contributed by atoms with Crippen molar-refractivity contribution in [3.8, 4) is 5.75 Å². The summed E-state index contributed by atoms with van der Waals surface area (Å²) in [5.74, 6) is 2.59. The van der Waals surface area contributed by atoms with Gasteiger partial charge in [-0.05, 0) is 72.4 Å². The second kappa shape index (κ2) is 11.0. The highest BCUT2D eigenvalue weighted by Crippen LogP contribution is 2.38. The summed E-state index contributed by atoms with van der Waals surface area (Å²) in [6.07, 6.45) is 2.77. The number of fused-ring (bicyclic) bond motifs is 1. The van der Waals surface area contributed by atoms with Crippen LogP contribution in [0.5, 0.6) is 5.75 Å². The molecular weight excluding hydrogens is 370 g/mol. The van der Waals surface area contributed by atoms with E-state index in [1.54, 1.807) is 0 Å². The number of benzene rings is 2. The van der Waals surface area contributed by atoms with Gasteiger partial charge in [0.1, 0.15) is 12.4 Å². The van der Waals surface area contributed by atoms with Crippen LogP contribution >= 0.6 is 0 Å². The molecule has 0 heterocycles. The van der Waals surface area contributed by atoms with Gasteiger partial charge in [0.25, 0.3) is 0 Å². The Kier molecular flexibility index (Phi) is 8.35. The van der Waals surface area contributed by atoms with E-state index >= 15 is 0 Å². The van der Waals surface area contributed by atoms with Gasteiger partial charge in [0.15, 0.2) is 0 Å². The number of hydrogen-bond acceptors (Lipinski definition) is 3. The maximum atomic E-state index is 11.0. The molecule has 0 fully saturated rings. The van der Waals surface area contributed by atoms with Crippen molar-refractivity contribution in [1.29, 1.82) is 0 Å². The predicted molar refractivity (Wildman–Crippen MR) is 125 cm³/mol. The SMILES string of the molecule is CC(C)CN(CC[C@H]1CCc2cc(OCc3ccccc3)ccc2[C@@H]1O)CC(C)C. The lowest BCUT2D eigenvalue weighted by Gasteiger charge is -2.33. The van der Waals surface area contributed by atoms with Crippen LogP contribution in [-0.4, -0.2) is 29.6 Å². The van der Waals surface area contributed by atoms with Crippen molar-refractivity contribution in [3.05, 3.63) is 65.2 Å². The Morgan fingerprint density at radius 3 is 2.37 bits per heavy atom. The Bertz CT molecular complexity index is 762. The number of rotatable bonds is 10. The topological polar surface area (TPSA) is 32.7 Å². The van der Waals surface area contributed by atoms with Crippen molar-refractivity contribution in [3.63, 3.8) is 0 Å². The summed E-state index contributed by atoms with van der Waals surface area (Å²) in [5, 5.41) is 11.0. The number of aryl methyl sites for hydroxylation is 1. The highest BCUT2D eigenvalue weighted by Gasteiger charge is 2.28. The molecule has 0 amide bonds. The van der Waals surface area contributed by atoms with Crippen molar-refractivity contribution < 1.29 is 9.84 Å². The van der Waals surface area contributed by atoms with Crippen LogP contribution in [0, 0.1) is 17.8 Å². The summed E-state index contributed by atoms with van der Waals surface area (Å²) < 4.78 is 5.98. The van der Waals surface area contributed by atoms with Gasteiger partial charge < -0.3 is 14.7 Å². The van der Waals surface area contributed by atoms with Crippen LogP contribution in [0.25, 0.3) is 0 Å². The van der Waals surface area contributed by atoms with Crippen LogP contribution in [0.1, 0.15) is 63.3 Å². The van der Waals surface area contributed by atoms with E-state index in [1.807, 2.05) is 24.3 Å². The summed E-state index contributed by atoms with van der Waals surface area (Å²) >= 11 is 0. The van der Waals surface area contributed by atoms with Crippen molar-refractivity contribution >= 4 is 0 Å². The maximum absolute atomic E-state index is 11.0. The molecule has 3 nitrogen and oxygen atoms in total. The molecule has 2 aromatic rings. The Labute approximate surface area is 183 Å². The van der Waals surface area contributed by atoms with Gasteiger partial charge in [-0.15, -0.1) is 0 Å². The van der Waals surface area contributed by atoms with Crippen LogP contribution in [0.15, 0.2) is 48.5 Å². The normalized spacial score (nSPS) is 18.8. The molecule has 30 heavy (non-hydrogen) atoms. The largest absolute Gasteiger partial charge is 0.489 e. The van der Waals surface area contributed by atoms with E-state index in [9.17, 15) is 5.11 Å². The second-order valence-corrected chi connectivity index (χ2v) is 9.71. The third kappa shape index (κ3) is 6.58. The van der Waals surface area contributed by atoms with Gasteiger partial charge in [0, 0.05) is 13.1 Å². The zero-order valence-electron chi connectivity index (χ0n) is 19.2. The van der Waals surface area contributed by atoms with Crippen molar-refractivity contribution in [2.75, 3.05) is 19.6 Å². The van der Waals surface area contributed by atoms with E-state index in [-0.39, 0.29) is 6.10 Å². The Morgan fingerprint density at radius 2 is 1.70 bits per heavy atom. The number of ether oxygens (including phenoxy) is 1. The fraction of sp³-hybridized carbons (Fsp3) is 0.556. The maximum Gasteiger partial charge on any atom is 0.120 e. The Balaban J connectivity index is 1.57. The molecular formula is C27H39NO2. The van der Waals surface area contributed by atoms with Crippen molar-refractivity contribution in [2.45, 2.75) is 59.7 Å². The molecule has 3 heteroatoms. The quantitative estimate of drug-likeness (QED) is 0.533. The lowest BCUT2D eigenvalue weighted by atomic mass is 9.79. The van der Waals surface area contributed by atoms with Crippen LogP contribution in [0.3, 0.4) is 0 Å². The smallest absolute Gasteiger partial charge is 0.120 e. The summed E-state index contributed by atoms with van der Waals surface area (Å²) in [6, 6.07) is 16.5. The highest BCUT2D eigenvalue weighted by atomic mass is 16.5. The number of nitrogens with zero attached hydrogens (tertiary/aromatic N) is 1. The standard InChI is InChI=1S/C27H39NO2/c1-20(2)17-28(18-21(3)4)15-14-23-10-11-24-16-25(12-13-26(24)27(23)29)30-19-22-8-6-5-7-9-22/h5-9,12-13,16,20-21,23,27,29H,10-11,14-15,17-19H2,1-4H3/t23-,27-/m1/s1. The van der Waals surface area contributed by atoms with Crippen LogP contribution < -0.4 is 4.74 Å². The number of hydrogen-bond donors (Lipinski definition) is 1. The summed E-state index contributed by atoms with van der Waals surface area (Å²) in [6.45, 7) is 13.1. The third-order valence-electron chi connectivity index (χ3n) is 5.98. The first-order chi connectivity index (χ1) is 14.4. The molecule has 164 valence electrons. The van der Waals surface area contributed by atoms with E-state index in [0.29, 0.717) is 24.4 Å². The summed E-state index contributed by atoms with van der Waals surface area (Å²) in [5.41, 5.74) is 3.51. The van der Waals surface area contributed by atoms with E-state index < -0.39 is 0 Å². The van der Waals surface area contributed by atoms with Crippen LogP contribution in [-0.2, 0) is 13.0 Å². The molecule has 0 saturated carbocycles. The molecule has 1 aliphatic rings. The Morgan fingerprint density at radius 1 is 1.00 bits per heavy atom. The van der Waals surface area contributed by atoms with E-state index in [2.05, 4.69) is 56.9 Å². The number of aliphatic hydroxyl groups excluding tert-OH is 1. The van der Waals surface area contributed by atoms with Crippen molar-refractivity contribution in [1.82, 2.24) is 4.90 Å². The minimum atomic E-state index is -0.364. The zero-order valence-corrected chi connectivity index (χ0v) is 19.2. The Hall–Kier alpha value is -1.84. The van der Waals surface area contributed by atoms with E-state index in [4.69, 9.17) is 4.74 Å². The number of aliphatic hydroxyl groups is 1. The highest BCUT2D eigenvalue weighted by molar-refractivity contribution is 5.39. The van der Waals surface area contributed by atoms with Gasteiger partial charge in [-0.2, -0.15) is 0 Å². The first kappa shape index (κ1) is 22.8. The molecule has 0 unspecified atom stereocenters. The van der Waals surface area contributed by atoms with Gasteiger partial charge in [-0.25, -0.2) is 0 Å². The molecule has 0 spiro atoms. The molecule has 1 aliphatic carbocycles. The molecule has 0 aromatic heterocycles. The summed E-state index contributed by atoms with van der Waals surface area (Å²) in [7, 11) is 0. The molecule has 3 rings (SSSR count). The molecule has 0 bridgehead atoms. The van der Waals surface area contributed by atoms with Gasteiger partial charge in [-0.1, -0.05) is 64.1 Å². The average Bonchev–Trinajstić information content (AvgIpc) is 2.71.